The number of likely N-dealkylation sites (tertiary alicyclic amines) is 1. The van der Waals surface area contributed by atoms with Gasteiger partial charge in [0.1, 0.15) is 0 Å². The summed E-state index contributed by atoms with van der Waals surface area (Å²) in [4.78, 5) is 2.67. The number of nitrogens with zero attached hydrogens (tertiary/aromatic N) is 1. The first-order valence-electron chi connectivity index (χ1n) is 7.18. The smallest absolute Gasteiger partial charge is 0.179 e. The number of benzene rings is 1. The van der Waals surface area contributed by atoms with Crippen molar-refractivity contribution in [1.82, 2.24) is 4.90 Å². The standard InChI is InChI=1S/C15H24N2O2S/c1-12-9-13(2)17(11-12)7-8-20(18,19)15-5-3-14(10-16)4-6-15/h3-6,12-13H,7-11,16H2,1-2H3. The molecule has 1 aliphatic heterocycles. The number of hydrogen-bond donors (Lipinski definition) is 1. The van der Waals surface area contributed by atoms with E-state index in [1.807, 2.05) is 0 Å². The molecular weight excluding hydrogens is 272 g/mol. The van der Waals surface area contributed by atoms with E-state index < -0.39 is 9.84 Å². The van der Waals surface area contributed by atoms with E-state index in [0.717, 1.165) is 18.5 Å². The molecule has 5 heteroatoms. The van der Waals surface area contributed by atoms with Gasteiger partial charge in [-0.3, -0.25) is 4.90 Å². The van der Waals surface area contributed by atoms with Crippen molar-refractivity contribution in [3.8, 4) is 0 Å². The van der Waals surface area contributed by atoms with E-state index >= 15 is 0 Å². The van der Waals surface area contributed by atoms with Crippen LogP contribution < -0.4 is 5.73 Å². The topological polar surface area (TPSA) is 63.4 Å². The van der Waals surface area contributed by atoms with E-state index in [2.05, 4.69) is 18.7 Å². The minimum absolute atomic E-state index is 0.187. The van der Waals surface area contributed by atoms with Crippen molar-refractivity contribution in [3.05, 3.63) is 29.8 Å². The van der Waals surface area contributed by atoms with Crippen LogP contribution in [0.25, 0.3) is 0 Å². The zero-order valence-corrected chi connectivity index (χ0v) is 13.1. The normalized spacial score (nSPS) is 24.1. The molecule has 2 N–H and O–H groups in total. The molecule has 0 aliphatic carbocycles. The second kappa shape index (κ2) is 6.24. The summed E-state index contributed by atoms with van der Waals surface area (Å²) in [5.74, 6) is 0.850. The van der Waals surface area contributed by atoms with Crippen molar-refractivity contribution in [2.45, 2.75) is 37.8 Å². The predicted octanol–water partition coefficient (Wildman–Crippen LogP) is 1.65. The van der Waals surface area contributed by atoms with Crippen molar-refractivity contribution in [3.63, 3.8) is 0 Å². The van der Waals surface area contributed by atoms with Crippen LogP contribution in [0.1, 0.15) is 25.8 Å². The molecule has 0 aromatic heterocycles. The van der Waals surface area contributed by atoms with Crippen molar-refractivity contribution < 1.29 is 8.42 Å². The Balaban J connectivity index is 2.00. The molecule has 0 bridgehead atoms. The van der Waals surface area contributed by atoms with Gasteiger partial charge in [-0.05, 0) is 37.0 Å². The van der Waals surface area contributed by atoms with E-state index in [1.165, 1.54) is 0 Å². The Morgan fingerprint density at radius 3 is 2.40 bits per heavy atom. The van der Waals surface area contributed by atoms with Crippen LogP contribution in [-0.4, -0.2) is 38.2 Å². The fourth-order valence-corrected chi connectivity index (χ4v) is 4.15. The largest absolute Gasteiger partial charge is 0.326 e. The lowest BCUT2D eigenvalue weighted by Crippen LogP contribution is -2.32. The van der Waals surface area contributed by atoms with Crippen LogP contribution in [0.5, 0.6) is 0 Å². The minimum atomic E-state index is -3.20. The average Bonchev–Trinajstić information content (AvgIpc) is 2.75. The van der Waals surface area contributed by atoms with Crippen LogP contribution in [-0.2, 0) is 16.4 Å². The van der Waals surface area contributed by atoms with Gasteiger partial charge in [-0.2, -0.15) is 0 Å². The Labute approximate surface area is 121 Å². The zero-order chi connectivity index (χ0) is 14.8. The highest BCUT2D eigenvalue weighted by Crippen LogP contribution is 2.22. The molecule has 0 saturated carbocycles. The molecule has 112 valence electrons. The van der Waals surface area contributed by atoms with Crippen LogP contribution in [0.2, 0.25) is 0 Å². The van der Waals surface area contributed by atoms with E-state index in [4.69, 9.17) is 5.73 Å². The van der Waals surface area contributed by atoms with Crippen molar-refractivity contribution in [2.75, 3.05) is 18.8 Å². The SMILES string of the molecule is CC1CC(C)N(CCS(=O)(=O)c2ccc(CN)cc2)C1. The van der Waals surface area contributed by atoms with Gasteiger partial charge >= 0.3 is 0 Å². The molecule has 1 aromatic carbocycles. The summed E-state index contributed by atoms with van der Waals surface area (Å²) in [6, 6.07) is 7.38. The summed E-state index contributed by atoms with van der Waals surface area (Å²) in [6.45, 7) is 6.45. The molecule has 1 heterocycles. The van der Waals surface area contributed by atoms with E-state index in [9.17, 15) is 8.42 Å². The first-order valence-corrected chi connectivity index (χ1v) is 8.83. The Hall–Kier alpha value is -0.910. The lowest BCUT2D eigenvalue weighted by atomic mass is 10.1. The Bertz CT molecular complexity index is 539. The first kappa shape index (κ1) is 15.5. The number of rotatable bonds is 5. The Morgan fingerprint density at radius 1 is 1.25 bits per heavy atom. The Kier molecular flexibility index (Phi) is 4.83. The molecule has 0 amide bonds. The fraction of sp³-hybridized carbons (Fsp3) is 0.600. The molecule has 1 fully saturated rings. The molecule has 0 radical (unpaired) electrons. The fourth-order valence-electron chi connectivity index (χ4n) is 2.89. The number of hydrogen-bond acceptors (Lipinski definition) is 4. The van der Waals surface area contributed by atoms with Crippen LogP contribution in [0.3, 0.4) is 0 Å². The quantitative estimate of drug-likeness (QED) is 0.897. The summed E-state index contributed by atoms with van der Waals surface area (Å²) >= 11 is 0. The maximum absolute atomic E-state index is 12.3. The van der Waals surface area contributed by atoms with Crippen LogP contribution in [0, 0.1) is 5.92 Å². The summed E-state index contributed by atoms with van der Waals surface area (Å²) in [5.41, 5.74) is 6.47. The molecular formula is C15H24N2O2S. The van der Waals surface area contributed by atoms with Gasteiger partial charge < -0.3 is 5.73 Å². The van der Waals surface area contributed by atoms with Crippen molar-refractivity contribution in [2.24, 2.45) is 11.7 Å². The molecule has 0 spiro atoms. The van der Waals surface area contributed by atoms with Gasteiger partial charge in [0.2, 0.25) is 0 Å². The van der Waals surface area contributed by atoms with Crippen molar-refractivity contribution in [1.29, 1.82) is 0 Å². The third-order valence-electron chi connectivity index (χ3n) is 4.08. The highest BCUT2D eigenvalue weighted by Gasteiger charge is 2.27. The van der Waals surface area contributed by atoms with Gasteiger partial charge in [-0.25, -0.2) is 8.42 Å². The number of nitrogens with two attached hydrogens (primary N) is 1. The maximum Gasteiger partial charge on any atom is 0.179 e. The summed E-state index contributed by atoms with van der Waals surface area (Å²) in [5, 5.41) is 0. The maximum atomic E-state index is 12.3. The van der Waals surface area contributed by atoms with Gasteiger partial charge in [-0.15, -0.1) is 0 Å². The monoisotopic (exact) mass is 296 g/mol. The molecule has 1 aliphatic rings. The average molecular weight is 296 g/mol. The molecule has 2 unspecified atom stereocenters. The summed E-state index contributed by atoms with van der Waals surface area (Å²) in [6.07, 6.45) is 1.16. The second-order valence-corrected chi connectivity index (χ2v) is 7.96. The molecule has 4 nitrogen and oxygen atoms in total. The third-order valence-corrected chi connectivity index (χ3v) is 5.79. The summed E-state index contributed by atoms with van der Waals surface area (Å²) in [7, 11) is -3.20. The van der Waals surface area contributed by atoms with Gasteiger partial charge in [0.15, 0.2) is 9.84 Å². The van der Waals surface area contributed by atoms with E-state index in [-0.39, 0.29) is 5.75 Å². The Morgan fingerprint density at radius 2 is 1.90 bits per heavy atom. The minimum Gasteiger partial charge on any atom is -0.326 e. The van der Waals surface area contributed by atoms with Crippen LogP contribution in [0.4, 0.5) is 0 Å². The molecule has 1 saturated heterocycles. The van der Waals surface area contributed by atoms with Crippen LogP contribution in [0.15, 0.2) is 29.2 Å². The summed E-state index contributed by atoms with van der Waals surface area (Å²) < 4.78 is 24.6. The van der Waals surface area contributed by atoms with Gasteiger partial charge in [-0.1, -0.05) is 19.1 Å². The van der Waals surface area contributed by atoms with E-state index in [0.29, 0.717) is 29.9 Å². The molecule has 2 atom stereocenters. The van der Waals surface area contributed by atoms with Gasteiger partial charge in [0.25, 0.3) is 0 Å². The predicted molar refractivity (Wildman–Crippen MR) is 81.2 cm³/mol. The first-order chi connectivity index (χ1) is 9.42. The lowest BCUT2D eigenvalue weighted by Gasteiger charge is -2.20. The highest BCUT2D eigenvalue weighted by molar-refractivity contribution is 7.91. The van der Waals surface area contributed by atoms with E-state index in [1.54, 1.807) is 24.3 Å². The zero-order valence-electron chi connectivity index (χ0n) is 12.2. The van der Waals surface area contributed by atoms with Gasteiger partial charge in [0, 0.05) is 25.7 Å². The molecule has 2 rings (SSSR count). The highest BCUT2D eigenvalue weighted by atomic mass is 32.2. The second-order valence-electron chi connectivity index (χ2n) is 5.85. The lowest BCUT2D eigenvalue weighted by molar-refractivity contribution is 0.281. The number of sulfone groups is 1. The van der Waals surface area contributed by atoms with Gasteiger partial charge in [0.05, 0.1) is 10.6 Å². The van der Waals surface area contributed by atoms with Crippen molar-refractivity contribution >= 4 is 9.84 Å². The molecule has 1 aromatic rings. The molecule has 20 heavy (non-hydrogen) atoms. The third kappa shape index (κ3) is 3.59. The van der Waals surface area contributed by atoms with Crippen LogP contribution >= 0.6 is 0 Å².